The van der Waals surface area contributed by atoms with E-state index in [9.17, 15) is 14.4 Å². The van der Waals surface area contributed by atoms with E-state index >= 15 is 0 Å². The maximum absolute atomic E-state index is 12.1. The monoisotopic (exact) mass is 451 g/mol. The van der Waals surface area contributed by atoms with E-state index < -0.39 is 0 Å². The predicted molar refractivity (Wildman–Crippen MR) is 122 cm³/mol. The van der Waals surface area contributed by atoms with Gasteiger partial charge in [0, 0.05) is 36.6 Å². The van der Waals surface area contributed by atoms with Crippen LogP contribution in [-0.2, 0) is 19.1 Å². The summed E-state index contributed by atoms with van der Waals surface area (Å²) in [6.45, 7) is 0.704. The first-order valence-corrected chi connectivity index (χ1v) is 10.3. The van der Waals surface area contributed by atoms with Gasteiger partial charge in [-0.15, -0.1) is 0 Å². The first-order chi connectivity index (χ1) is 16.0. The van der Waals surface area contributed by atoms with Gasteiger partial charge in [0.15, 0.2) is 0 Å². The minimum atomic E-state index is -0.348. The van der Waals surface area contributed by atoms with Gasteiger partial charge in [-0.25, -0.2) is 4.99 Å². The average molecular weight is 451 g/mol. The van der Waals surface area contributed by atoms with Crippen molar-refractivity contribution in [1.29, 1.82) is 0 Å². The predicted octanol–water partition coefficient (Wildman–Crippen LogP) is 2.90. The van der Waals surface area contributed by atoms with Crippen LogP contribution < -0.4 is 9.64 Å². The Hall–Kier alpha value is -4.01. The molecular weight excluding hydrogens is 426 g/mol. The maximum atomic E-state index is 12.1. The molecule has 1 aliphatic carbocycles. The lowest BCUT2D eigenvalue weighted by atomic mass is 9.99. The van der Waals surface area contributed by atoms with Crippen LogP contribution in [0.4, 0.5) is 11.4 Å². The van der Waals surface area contributed by atoms with Crippen LogP contribution in [0.3, 0.4) is 0 Å². The number of carbonyl (C=O) groups excluding carboxylic acids is 3. The van der Waals surface area contributed by atoms with Crippen molar-refractivity contribution in [3.05, 3.63) is 59.9 Å². The van der Waals surface area contributed by atoms with Crippen LogP contribution in [-0.4, -0.2) is 62.8 Å². The first kappa shape index (κ1) is 23.6. The number of rotatable bonds is 9. The minimum Gasteiger partial charge on any atom is -0.494 e. The molecule has 0 bridgehead atoms. The van der Waals surface area contributed by atoms with Gasteiger partial charge in [0.05, 0.1) is 39.9 Å². The second-order valence-corrected chi connectivity index (χ2v) is 7.09. The van der Waals surface area contributed by atoms with Crippen LogP contribution >= 0.6 is 0 Å². The Bertz CT molecular complexity index is 1090. The molecule has 0 aliphatic heterocycles. The molecule has 1 heterocycles. The van der Waals surface area contributed by atoms with Crippen LogP contribution in [0.15, 0.2) is 53.7 Å². The number of aliphatic imine (C=N–C) groups is 1. The summed E-state index contributed by atoms with van der Waals surface area (Å²) in [5.41, 5.74) is 2.91. The lowest BCUT2D eigenvalue weighted by molar-refractivity contribution is -0.140. The smallest absolute Gasteiger partial charge is 0.307 e. The number of aromatic nitrogens is 1. The highest BCUT2D eigenvalue weighted by Crippen LogP contribution is 2.33. The molecule has 0 spiro atoms. The van der Waals surface area contributed by atoms with Crippen LogP contribution in [0.25, 0.3) is 0 Å². The topological polar surface area (TPSA) is 107 Å². The van der Waals surface area contributed by atoms with E-state index in [4.69, 9.17) is 14.2 Å². The van der Waals surface area contributed by atoms with Gasteiger partial charge in [0.2, 0.25) is 5.78 Å². The molecule has 0 amide bonds. The molecule has 0 radical (unpaired) electrons. The number of ketones is 1. The molecule has 9 heteroatoms. The normalized spacial score (nSPS) is 13.4. The fourth-order valence-corrected chi connectivity index (χ4v) is 3.34. The van der Waals surface area contributed by atoms with E-state index in [0.29, 0.717) is 41.5 Å². The molecule has 1 aromatic heterocycles. The Morgan fingerprint density at radius 1 is 1.00 bits per heavy atom. The summed E-state index contributed by atoms with van der Waals surface area (Å²) in [4.78, 5) is 46.1. The highest BCUT2D eigenvalue weighted by atomic mass is 16.5. The molecule has 0 unspecified atom stereocenters. The Kier molecular flexibility index (Phi) is 7.91. The van der Waals surface area contributed by atoms with Crippen molar-refractivity contribution in [3.8, 4) is 5.75 Å². The number of benzene rings is 1. The Morgan fingerprint density at radius 3 is 2.33 bits per heavy atom. The third-order valence-corrected chi connectivity index (χ3v) is 5.11. The van der Waals surface area contributed by atoms with Crippen LogP contribution in [0.2, 0.25) is 0 Å². The molecule has 1 aliphatic rings. The van der Waals surface area contributed by atoms with Crippen LogP contribution in [0.1, 0.15) is 28.9 Å². The number of carbonyl (C=O) groups is 3. The van der Waals surface area contributed by atoms with Gasteiger partial charge >= 0.3 is 11.9 Å². The maximum Gasteiger partial charge on any atom is 0.307 e. The number of methoxy groups -OCH3 is 3. The number of allylic oxidation sites excluding steroid dienone is 2. The standard InChI is InChI=1S/C24H25N3O6/c1-31-21-15-16(27(13-10-22(29)32-2)14-11-23(30)33-3)6-7-19(21)26-18-8-9-20(28)24-17(18)5-4-12-25-24/h4-9,12,15H,10-11,13-14H2,1-3H3. The lowest BCUT2D eigenvalue weighted by Crippen LogP contribution is -2.29. The summed E-state index contributed by atoms with van der Waals surface area (Å²) in [5.74, 6) is -0.367. The number of esters is 2. The van der Waals surface area contributed by atoms with Crippen LogP contribution in [0, 0.1) is 0 Å². The molecule has 33 heavy (non-hydrogen) atoms. The summed E-state index contributed by atoms with van der Waals surface area (Å²) in [5, 5.41) is 0. The highest BCUT2D eigenvalue weighted by Gasteiger charge is 2.19. The Morgan fingerprint density at radius 2 is 1.70 bits per heavy atom. The molecule has 3 rings (SSSR count). The van der Waals surface area contributed by atoms with Gasteiger partial charge in [-0.05, 0) is 36.4 Å². The summed E-state index contributed by atoms with van der Waals surface area (Å²) >= 11 is 0. The fraction of sp³-hybridized carbons (Fsp3) is 0.292. The van der Waals surface area contributed by atoms with Crippen molar-refractivity contribution >= 4 is 34.8 Å². The van der Waals surface area contributed by atoms with Crippen molar-refractivity contribution in [1.82, 2.24) is 4.98 Å². The van der Waals surface area contributed by atoms with Crippen molar-refractivity contribution in [2.24, 2.45) is 4.99 Å². The van der Waals surface area contributed by atoms with Crippen LogP contribution in [0.5, 0.6) is 5.75 Å². The number of nitrogens with zero attached hydrogens (tertiary/aromatic N) is 3. The zero-order chi connectivity index (χ0) is 23.8. The third-order valence-electron chi connectivity index (χ3n) is 5.11. The summed E-state index contributed by atoms with van der Waals surface area (Å²) in [7, 11) is 4.20. The van der Waals surface area contributed by atoms with E-state index in [2.05, 4.69) is 9.98 Å². The molecule has 9 nitrogen and oxygen atoms in total. The Balaban J connectivity index is 1.91. The molecule has 0 saturated heterocycles. The van der Waals surface area contributed by atoms with E-state index in [-0.39, 0.29) is 30.6 Å². The van der Waals surface area contributed by atoms with Crippen molar-refractivity contribution in [3.63, 3.8) is 0 Å². The van der Waals surface area contributed by atoms with Crippen molar-refractivity contribution in [2.75, 3.05) is 39.3 Å². The fourth-order valence-electron chi connectivity index (χ4n) is 3.34. The lowest BCUT2D eigenvalue weighted by Gasteiger charge is -2.25. The molecule has 0 fully saturated rings. The van der Waals surface area contributed by atoms with E-state index in [1.54, 1.807) is 36.5 Å². The number of ether oxygens (including phenoxy) is 3. The zero-order valence-electron chi connectivity index (χ0n) is 18.7. The minimum absolute atomic E-state index is 0.159. The quantitative estimate of drug-likeness (QED) is 0.536. The molecule has 172 valence electrons. The summed E-state index contributed by atoms with van der Waals surface area (Å²) in [6.07, 6.45) is 4.98. The Labute approximate surface area is 191 Å². The molecule has 0 saturated carbocycles. The van der Waals surface area contributed by atoms with Crippen molar-refractivity contribution < 1.29 is 28.6 Å². The van der Waals surface area contributed by atoms with Gasteiger partial charge in [-0.3, -0.25) is 19.4 Å². The molecule has 0 N–H and O–H groups in total. The number of hydrogen-bond acceptors (Lipinski definition) is 9. The van der Waals surface area contributed by atoms with Gasteiger partial charge < -0.3 is 19.1 Å². The molecule has 1 aromatic carbocycles. The highest BCUT2D eigenvalue weighted by molar-refractivity contribution is 6.23. The molecule has 2 aromatic rings. The molecule has 0 atom stereocenters. The van der Waals surface area contributed by atoms with Crippen molar-refractivity contribution in [2.45, 2.75) is 12.8 Å². The number of hydrogen-bond donors (Lipinski definition) is 0. The number of fused-ring (bicyclic) bond motifs is 1. The van der Waals surface area contributed by atoms with Gasteiger partial charge in [-0.1, -0.05) is 0 Å². The first-order valence-electron chi connectivity index (χ1n) is 10.3. The largest absolute Gasteiger partial charge is 0.494 e. The third kappa shape index (κ3) is 5.82. The second kappa shape index (κ2) is 11.0. The van der Waals surface area contributed by atoms with Gasteiger partial charge in [-0.2, -0.15) is 0 Å². The summed E-state index contributed by atoms with van der Waals surface area (Å²) < 4.78 is 15.0. The summed E-state index contributed by atoms with van der Waals surface area (Å²) in [6, 6.07) is 8.95. The van der Waals surface area contributed by atoms with E-state index in [1.807, 2.05) is 11.0 Å². The second-order valence-electron chi connectivity index (χ2n) is 7.09. The zero-order valence-corrected chi connectivity index (χ0v) is 18.7. The number of pyridine rings is 1. The average Bonchev–Trinajstić information content (AvgIpc) is 2.85. The van der Waals surface area contributed by atoms with E-state index in [0.717, 1.165) is 5.69 Å². The SMILES string of the molecule is COC(=O)CCN(CCC(=O)OC)c1ccc(N=C2C=CC(=O)c3ncccc32)c(OC)c1. The van der Waals surface area contributed by atoms with E-state index in [1.165, 1.54) is 27.4 Å². The van der Waals surface area contributed by atoms with Gasteiger partial charge in [0.1, 0.15) is 17.1 Å². The number of anilines is 1. The molecular formula is C24H25N3O6. The van der Waals surface area contributed by atoms with Gasteiger partial charge in [0.25, 0.3) is 0 Å².